The Morgan fingerprint density at radius 2 is 2.17 bits per heavy atom. The van der Waals surface area contributed by atoms with Gasteiger partial charge in [-0.2, -0.15) is 0 Å². The summed E-state index contributed by atoms with van der Waals surface area (Å²) in [5.74, 6) is -0.687. The molecular formula is C6H9NO4Pb. The average Bonchev–Trinajstić information content (AvgIpc) is 2.08. The van der Waals surface area contributed by atoms with Gasteiger partial charge < -0.3 is 0 Å². The van der Waals surface area contributed by atoms with Crippen LogP contribution in [0.5, 0.6) is 0 Å². The van der Waals surface area contributed by atoms with E-state index in [-0.39, 0.29) is 5.97 Å². The van der Waals surface area contributed by atoms with Gasteiger partial charge in [0.2, 0.25) is 0 Å². The van der Waals surface area contributed by atoms with E-state index in [1.807, 2.05) is 0 Å². The fourth-order valence-corrected chi connectivity index (χ4v) is 2.65. The van der Waals surface area contributed by atoms with Gasteiger partial charge in [-0.15, -0.1) is 0 Å². The van der Waals surface area contributed by atoms with Gasteiger partial charge in [-0.1, -0.05) is 0 Å². The van der Waals surface area contributed by atoms with Crippen LogP contribution in [0.15, 0.2) is 0 Å². The van der Waals surface area contributed by atoms with Crippen molar-refractivity contribution < 1.29 is 15.0 Å². The Kier molecular flexibility index (Phi) is 3.92. The van der Waals surface area contributed by atoms with Crippen molar-refractivity contribution in [1.29, 1.82) is 0 Å². The van der Waals surface area contributed by atoms with E-state index < -0.39 is 37.2 Å². The summed E-state index contributed by atoms with van der Waals surface area (Å²) in [6.45, 7) is 0. The van der Waals surface area contributed by atoms with Crippen molar-refractivity contribution in [3.05, 3.63) is 0 Å². The van der Waals surface area contributed by atoms with Crippen LogP contribution in [-0.2, 0) is 15.0 Å². The first-order valence-electron chi connectivity index (χ1n) is 3.61. The molecule has 66 valence electrons. The molecule has 0 bridgehead atoms. The first-order valence-corrected chi connectivity index (χ1v) is 6.78. The van der Waals surface area contributed by atoms with Gasteiger partial charge in [0.05, 0.1) is 0 Å². The SMILES string of the molecule is NC1CCCC(=O)[O][Pb][O]C1=O. The topological polar surface area (TPSA) is 78.6 Å². The molecule has 1 heterocycles. The van der Waals surface area contributed by atoms with Crippen LogP contribution < -0.4 is 5.73 Å². The van der Waals surface area contributed by atoms with E-state index in [1.165, 1.54) is 0 Å². The molecule has 0 amide bonds. The summed E-state index contributed by atoms with van der Waals surface area (Å²) in [6, 6.07) is -0.577. The normalized spacial score (nSPS) is 26.2. The molecule has 2 radical (unpaired) electrons. The molecule has 1 rings (SSSR count). The van der Waals surface area contributed by atoms with Crippen LogP contribution in [-0.4, -0.2) is 43.1 Å². The van der Waals surface area contributed by atoms with Crippen LogP contribution in [0.1, 0.15) is 19.3 Å². The van der Waals surface area contributed by atoms with Crippen molar-refractivity contribution in [2.45, 2.75) is 25.3 Å². The second kappa shape index (κ2) is 4.75. The van der Waals surface area contributed by atoms with Gasteiger partial charge in [0, 0.05) is 0 Å². The Morgan fingerprint density at radius 1 is 1.42 bits per heavy atom. The third kappa shape index (κ3) is 3.05. The van der Waals surface area contributed by atoms with E-state index in [0.29, 0.717) is 19.3 Å². The van der Waals surface area contributed by atoms with Crippen molar-refractivity contribution in [1.82, 2.24) is 0 Å². The number of carbonyl (C=O) groups is 2. The van der Waals surface area contributed by atoms with E-state index in [9.17, 15) is 9.59 Å². The predicted octanol–water partition coefficient (Wildman–Crippen LogP) is -0.882. The zero-order chi connectivity index (χ0) is 8.97. The zero-order valence-corrected chi connectivity index (χ0v) is 10.3. The number of nitrogens with two attached hydrogens (primary N) is 1. The third-order valence-corrected chi connectivity index (χ3v) is 3.81. The minimum absolute atomic E-state index is 0.264. The number of hydrogen-bond acceptors (Lipinski definition) is 5. The van der Waals surface area contributed by atoms with E-state index in [2.05, 4.69) is 0 Å². The molecule has 12 heavy (non-hydrogen) atoms. The van der Waals surface area contributed by atoms with Crippen LogP contribution in [0.3, 0.4) is 0 Å². The van der Waals surface area contributed by atoms with E-state index in [0.717, 1.165) is 0 Å². The number of carbonyl (C=O) groups excluding carboxylic acids is 2. The van der Waals surface area contributed by atoms with E-state index in [4.69, 9.17) is 11.1 Å². The van der Waals surface area contributed by atoms with Gasteiger partial charge in [0.25, 0.3) is 0 Å². The monoisotopic (exact) mass is 367 g/mol. The molecule has 0 aromatic heterocycles. The molecule has 1 unspecified atom stereocenters. The van der Waals surface area contributed by atoms with E-state index >= 15 is 0 Å². The molecule has 0 aromatic carbocycles. The van der Waals surface area contributed by atoms with Crippen LogP contribution in [0, 0.1) is 0 Å². The van der Waals surface area contributed by atoms with Gasteiger partial charge >= 0.3 is 83.1 Å². The maximum atomic E-state index is 10.9. The van der Waals surface area contributed by atoms with Gasteiger partial charge in [-0.05, 0) is 0 Å². The molecule has 0 spiro atoms. The van der Waals surface area contributed by atoms with Crippen molar-refractivity contribution in [2.75, 3.05) is 0 Å². The quantitative estimate of drug-likeness (QED) is 0.564. The molecule has 2 N–H and O–H groups in total. The zero-order valence-electron chi connectivity index (χ0n) is 6.41. The van der Waals surface area contributed by atoms with Crippen LogP contribution >= 0.6 is 0 Å². The van der Waals surface area contributed by atoms with Gasteiger partial charge in [0.15, 0.2) is 0 Å². The summed E-state index contributed by atoms with van der Waals surface area (Å²) >= 11 is -1.94. The number of rotatable bonds is 0. The Labute approximate surface area is 83.1 Å². The molecular weight excluding hydrogens is 357 g/mol. The fraction of sp³-hybridized carbons (Fsp3) is 0.667. The second-order valence-corrected chi connectivity index (χ2v) is 4.71. The van der Waals surface area contributed by atoms with Crippen LogP contribution in [0.25, 0.3) is 0 Å². The molecule has 5 nitrogen and oxygen atoms in total. The van der Waals surface area contributed by atoms with Crippen molar-refractivity contribution >= 4 is 37.1 Å². The Hall–Kier alpha value is -0.178. The first kappa shape index (κ1) is 9.91. The molecule has 1 atom stereocenters. The summed E-state index contributed by atoms with van der Waals surface area (Å²) in [5, 5.41) is 0. The van der Waals surface area contributed by atoms with Crippen molar-refractivity contribution in [3.8, 4) is 0 Å². The minimum atomic E-state index is -1.94. The van der Waals surface area contributed by atoms with Crippen molar-refractivity contribution in [3.63, 3.8) is 0 Å². The maximum absolute atomic E-state index is 10.9. The molecule has 1 fully saturated rings. The van der Waals surface area contributed by atoms with Crippen molar-refractivity contribution in [2.24, 2.45) is 5.73 Å². The average molecular weight is 366 g/mol. The Morgan fingerprint density at radius 3 is 2.92 bits per heavy atom. The van der Waals surface area contributed by atoms with Gasteiger partial charge in [-0.25, -0.2) is 0 Å². The first-order chi connectivity index (χ1) is 5.70. The molecule has 0 aromatic rings. The van der Waals surface area contributed by atoms with Crippen LogP contribution in [0.2, 0.25) is 0 Å². The third-order valence-electron chi connectivity index (χ3n) is 1.50. The Balaban J connectivity index is 2.47. The summed E-state index contributed by atoms with van der Waals surface area (Å²) in [5.41, 5.74) is 5.45. The predicted molar refractivity (Wildman–Crippen MR) is 39.8 cm³/mol. The number of hydrogen-bond donors (Lipinski definition) is 1. The standard InChI is InChI=1S/C6H11NO4.Pb/c7-4(6(10)11)2-1-3-5(8)9;/h4H,1-3,7H2,(H,8,9)(H,10,11);/q;+2/p-2. The van der Waals surface area contributed by atoms with Gasteiger partial charge in [0.1, 0.15) is 0 Å². The van der Waals surface area contributed by atoms with Gasteiger partial charge in [-0.3, -0.25) is 0 Å². The molecule has 0 aliphatic carbocycles. The molecule has 0 saturated carbocycles. The summed E-state index contributed by atoms with van der Waals surface area (Å²) in [6.07, 6.45) is 1.44. The van der Waals surface area contributed by atoms with Crippen LogP contribution in [0.4, 0.5) is 0 Å². The summed E-state index contributed by atoms with van der Waals surface area (Å²) < 4.78 is 9.47. The molecule has 1 saturated heterocycles. The Bertz CT molecular complexity index is 196. The molecule has 1 aliphatic heterocycles. The molecule has 6 heteroatoms. The fourth-order valence-electron chi connectivity index (χ4n) is 0.819. The van der Waals surface area contributed by atoms with E-state index in [1.54, 1.807) is 0 Å². The second-order valence-electron chi connectivity index (χ2n) is 2.48. The summed E-state index contributed by atoms with van der Waals surface area (Å²) in [7, 11) is 0. The molecule has 1 aliphatic rings. The summed E-state index contributed by atoms with van der Waals surface area (Å²) in [4.78, 5) is 21.7.